The molecule has 0 spiro atoms. The Kier molecular flexibility index (Phi) is 6.57. The number of aliphatic hydroxyl groups excluding tert-OH is 1. The molecule has 1 aromatic carbocycles. The number of nitrogens with zero attached hydrogens (tertiary/aromatic N) is 1. The van der Waals surface area contributed by atoms with Crippen molar-refractivity contribution in [1.29, 1.82) is 0 Å². The van der Waals surface area contributed by atoms with E-state index in [0.717, 1.165) is 63.5 Å². The zero-order valence-corrected chi connectivity index (χ0v) is 17.8. The maximum absolute atomic E-state index is 13.0. The third-order valence-electron chi connectivity index (χ3n) is 6.67. The van der Waals surface area contributed by atoms with Gasteiger partial charge in [0.2, 0.25) is 0 Å². The summed E-state index contributed by atoms with van der Waals surface area (Å²) in [6, 6.07) is 4.71. The van der Waals surface area contributed by atoms with Crippen LogP contribution < -0.4 is 10.6 Å². The smallest absolute Gasteiger partial charge is 0.394 e. The summed E-state index contributed by atoms with van der Waals surface area (Å²) in [5, 5.41) is 20.3. The second kappa shape index (κ2) is 9.23. The summed E-state index contributed by atoms with van der Waals surface area (Å²) in [6.07, 6.45) is 3.14. The van der Waals surface area contributed by atoms with Crippen molar-refractivity contribution in [2.75, 3.05) is 6.61 Å². The van der Waals surface area contributed by atoms with Gasteiger partial charge in [-0.25, -0.2) is 0 Å². The lowest BCUT2D eigenvalue weighted by Gasteiger charge is -2.28. The van der Waals surface area contributed by atoms with E-state index in [1.165, 1.54) is 12.1 Å². The van der Waals surface area contributed by atoms with Crippen LogP contribution in [0.1, 0.15) is 73.0 Å². The first-order chi connectivity index (χ1) is 15.3. The van der Waals surface area contributed by atoms with E-state index < -0.39 is 17.3 Å². The average Bonchev–Trinajstić information content (AvgIpc) is 3.53. The minimum atomic E-state index is -4.44. The number of benzene rings is 1. The van der Waals surface area contributed by atoms with Gasteiger partial charge in [-0.05, 0) is 37.8 Å². The van der Waals surface area contributed by atoms with Crippen molar-refractivity contribution in [2.45, 2.75) is 75.7 Å². The molecule has 3 N–H and O–H groups in total. The number of alkyl halides is 3. The molecule has 2 aliphatic carbocycles. The van der Waals surface area contributed by atoms with Crippen molar-refractivity contribution in [1.82, 2.24) is 15.8 Å². The van der Waals surface area contributed by atoms with Gasteiger partial charge in [0.1, 0.15) is 0 Å². The van der Waals surface area contributed by atoms with Crippen molar-refractivity contribution in [3.8, 4) is 11.3 Å². The van der Waals surface area contributed by atoms with E-state index in [9.17, 15) is 23.1 Å². The van der Waals surface area contributed by atoms with Crippen LogP contribution in [0.15, 0.2) is 28.8 Å². The molecule has 0 saturated heterocycles. The Morgan fingerprint density at radius 2 is 1.78 bits per heavy atom. The molecule has 4 rings (SSSR count). The van der Waals surface area contributed by atoms with Gasteiger partial charge in [-0.2, -0.15) is 13.2 Å². The van der Waals surface area contributed by atoms with Crippen LogP contribution in [0.25, 0.3) is 11.3 Å². The molecule has 174 valence electrons. The Hall–Kier alpha value is -2.39. The summed E-state index contributed by atoms with van der Waals surface area (Å²) in [6.45, 7) is 0.186. The van der Waals surface area contributed by atoms with E-state index in [-0.39, 0.29) is 36.6 Å². The second-order valence-electron chi connectivity index (χ2n) is 8.87. The summed E-state index contributed by atoms with van der Waals surface area (Å²) in [5.41, 5.74) is -0.171. The van der Waals surface area contributed by atoms with Crippen molar-refractivity contribution < 1.29 is 27.6 Å². The summed E-state index contributed by atoms with van der Waals surface area (Å²) >= 11 is 0. The van der Waals surface area contributed by atoms with Crippen LogP contribution in [0.3, 0.4) is 0 Å². The molecule has 0 unspecified atom stereocenters. The lowest BCUT2D eigenvalue weighted by atomic mass is 9.97. The maximum atomic E-state index is 13.0. The highest BCUT2D eigenvalue weighted by molar-refractivity contribution is 5.95. The number of carbonyl (C=O) groups excluding carboxylic acids is 1. The fourth-order valence-corrected chi connectivity index (χ4v) is 4.73. The molecule has 6 nitrogen and oxygen atoms in total. The van der Waals surface area contributed by atoms with Crippen molar-refractivity contribution in [3.05, 3.63) is 41.1 Å². The van der Waals surface area contributed by atoms with Crippen molar-refractivity contribution in [2.24, 2.45) is 0 Å². The Bertz CT molecular complexity index is 928. The van der Waals surface area contributed by atoms with E-state index in [0.29, 0.717) is 11.1 Å². The standard InChI is InChI=1S/C23H28F3N3O3/c24-23(25,26)16-9-7-15(8-10-16)20-18(13-27-22(14-30)11-3-4-12-22)19(29-32-20)21(31)28-17-5-1-2-6-17/h7-10,17,27,30H,1-6,11-14H2,(H,28,31). The first kappa shape index (κ1) is 22.8. The molecule has 2 saturated carbocycles. The van der Waals surface area contributed by atoms with E-state index in [4.69, 9.17) is 4.52 Å². The molecule has 0 atom stereocenters. The highest BCUT2D eigenvalue weighted by atomic mass is 19.4. The highest BCUT2D eigenvalue weighted by Crippen LogP contribution is 2.34. The lowest BCUT2D eigenvalue weighted by Crippen LogP contribution is -2.45. The number of amides is 1. The number of aromatic nitrogens is 1. The van der Waals surface area contributed by atoms with Gasteiger partial charge in [-0.15, -0.1) is 0 Å². The predicted octanol–water partition coefficient (Wildman–Crippen LogP) is 4.43. The molecule has 0 bridgehead atoms. The Morgan fingerprint density at radius 3 is 2.38 bits per heavy atom. The monoisotopic (exact) mass is 451 g/mol. The normalized spacial score (nSPS) is 18.9. The van der Waals surface area contributed by atoms with Gasteiger partial charge in [-0.1, -0.05) is 43.0 Å². The topological polar surface area (TPSA) is 87.4 Å². The number of rotatable bonds is 7. The summed E-state index contributed by atoms with van der Waals surface area (Å²) in [5.74, 6) is -0.0889. The summed E-state index contributed by atoms with van der Waals surface area (Å²) in [7, 11) is 0. The molecule has 1 aromatic heterocycles. The molecule has 0 radical (unpaired) electrons. The number of nitrogens with one attached hydrogen (secondary N) is 2. The minimum Gasteiger partial charge on any atom is -0.394 e. The Balaban J connectivity index is 1.63. The lowest BCUT2D eigenvalue weighted by molar-refractivity contribution is -0.137. The first-order valence-electron chi connectivity index (χ1n) is 11.1. The van der Waals surface area contributed by atoms with E-state index in [1.807, 2.05) is 0 Å². The number of hydrogen-bond donors (Lipinski definition) is 3. The predicted molar refractivity (Wildman–Crippen MR) is 112 cm³/mol. The zero-order valence-electron chi connectivity index (χ0n) is 17.8. The van der Waals surface area contributed by atoms with Gasteiger partial charge in [0.25, 0.3) is 5.91 Å². The molecule has 2 aromatic rings. The van der Waals surface area contributed by atoms with Crippen LogP contribution >= 0.6 is 0 Å². The molecule has 1 amide bonds. The number of carbonyl (C=O) groups is 1. The molecular formula is C23H28F3N3O3. The molecule has 2 fully saturated rings. The third-order valence-corrected chi connectivity index (χ3v) is 6.67. The molecule has 32 heavy (non-hydrogen) atoms. The van der Waals surface area contributed by atoms with Crippen LogP contribution in [0, 0.1) is 0 Å². The average molecular weight is 451 g/mol. The van der Waals surface area contributed by atoms with Gasteiger partial charge in [0, 0.05) is 29.3 Å². The fourth-order valence-electron chi connectivity index (χ4n) is 4.73. The van der Waals surface area contributed by atoms with Crippen LogP contribution in [0.2, 0.25) is 0 Å². The molecule has 2 aliphatic rings. The van der Waals surface area contributed by atoms with Crippen molar-refractivity contribution >= 4 is 5.91 Å². The van der Waals surface area contributed by atoms with E-state index in [1.54, 1.807) is 0 Å². The number of hydrogen-bond acceptors (Lipinski definition) is 5. The van der Waals surface area contributed by atoms with Crippen LogP contribution in [-0.2, 0) is 12.7 Å². The van der Waals surface area contributed by atoms with Gasteiger partial charge in [-0.3, -0.25) is 4.79 Å². The highest BCUT2D eigenvalue weighted by Gasteiger charge is 2.35. The summed E-state index contributed by atoms with van der Waals surface area (Å²) in [4.78, 5) is 12.9. The van der Waals surface area contributed by atoms with E-state index >= 15 is 0 Å². The van der Waals surface area contributed by atoms with Crippen LogP contribution in [-0.4, -0.2) is 34.4 Å². The molecular weight excluding hydrogens is 423 g/mol. The maximum Gasteiger partial charge on any atom is 0.416 e. The van der Waals surface area contributed by atoms with Crippen LogP contribution in [0.5, 0.6) is 0 Å². The van der Waals surface area contributed by atoms with Gasteiger partial charge < -0.3 is 20.3 Å². The Morgan fingerprint density at radius 1 is 1.12 bits per heavy atom. The van der Waals surface area contributed by atoms with Gasteiger partial charge in [0.15, 0.2) is 11.5 Å². The van der Waals surface area contributed by atoms with Crippen molar-refractivity contribution in [3.63, 3.8) is 0 Å². The minimum absolute atomic E-state index is 0.0303. The second-order valence-corrected chi connectivity index (χ2v) is 8.87. The Labute approximate surface area is 184 Å². The quantitative estimate of drug-likeness (QED) is 0.580. The largest absolute Gasteiger partial charge is 0.416 e. The summed E-state index contributed by atoms with van der Waals surface area (Å²) < 4.78 is 44.4. The SMILES string of the molecule is O=C(NC1CCCC1)c1noc(-c2ccc(C(F)(F)F)cc2)c1CNC1(CO)CCCC1. The molecule has 1 heterocycles. The van der Waals surface area contributed by atoms with Gasteiger partial charge >= 0.3 is 6.18 Å². The van der Waals surface area contributed by atoms with E-state index in [2.05, 4.69) is 15.8 Å². The van der Waals surface area contributed by atoms with Gasteiger partial charge in [0.05, 0.1) is 12.2 Å². The fraction of sp³-hybridized carbons (Fsp3) is 0.565. The third kappa shape index (κ3) is 4.83. The first-order valence-corrected chi connectivity index (χ1v) is 11.1. The van der Waals surface area contributed by atoms with Crippen LogP contribution in [0.4, 0.5) is 13.2 Å². The zero-order chi connectivity index (χ0) is 22.8. The number of halogens is 3. The number of aliphatic hydroxyl groups is 1. The molecule has 0 aliphatic heterocycles. The molecule has 9 heteroatoms.